The Morgan fingerprint density at radius 2 is 1.07 bits per heavy atom. The van der Waals surface area contributed by atoms with Crippen molar-refractivity contribution >= 4 is 0 Å². The Bertz CT molecular complexity index is 79.3. The molecule has 0 aliphatic heterocycles. The van der Waals surface area contributed by atoms with Crippen molar-refractivity contribution in [3.63, 3.8) is 0 Å². The average Bonchev–Trinajstić information content (AvgIpc) is 2.21. The van der Waals surface area contributed by atoms with E-state index in [-0.39, 0.29) is 51.4 Å². The van der Waals surface area contributed by atoms with Gasteiger partial charge >= 0.3 is 51.4 Å². The van der Waals surface area contributed by atoms with E-state index in [1.54, 1.807) is 0 Å². The van der Waals surface area contributed by atoms with Crippen molar-refractivity contribution in [1.29, 1.82) is 0 Å². The Morgan fingerprint density at radius 1 is 0.600 bits per heavy atom. The van der Waals surface area contributed by atoms with Crippen molar-refractivity contribution in [3.8, 4) is 0 Å². The maximum absolute atomic E-state index is 2.48. The van der Waals surface area contributed by atoms with E-state index in [1.807, 2.05) is 0 Å². The largest absolute Gasteiger partial charge is 1.00 e. The third-order valence-corrected chi connectivity index (χ3v) is 2.77. The van der Waals surface area contributed by atoms with Crippen LogP contribution in [-0.4, -0.2) is 0 Å². The first-order valence-electron chi connectivity index (χ1n) is 6.73. The SMILES string of the molecule is CCCC[CH-]CCCCCCCCC.[K+]. The van der Waals surface area contributed by atoms with Gasteiger partial charge in [0.25, 0.3) is 0 Å². The monoisotopic (exact) mass is 236 g/mol. The average molecular weight is 236 g/mol. The van der Waals surface area contributed by atoms with Crippen molar-refractivity contribution in [2.24, 2.45) is 0 Å². The molecule has 0 aromatic rings. The maximum Gasteiger partial charge on any atom is 1.00 e. The van der Waals surface area contributed by atoms with Crippen LogP contribution in [0, 0.1) is 6.42 Å². The van der Waals surface area contributed by atoms with Crippen LogP contribution < -0.4 is 51.4 Å². The molecular weight excluding hydrogens is 207 g/mol. The number of unbranched alkanes of at least 4 members (excludes halogenated alkanes) is 11. The van der Waals surface area contributed by atoms with Gasteiger partial charge in [-0.05, 0) is 0 Å². The van der Waals surface area contributed by atoms with Crippen molar-refractivity contribution in [2.45, 2.75) is 84.5 Å². The summed E-state index contributed by atoms with van der Waals surface area (Å²) in [5.41, 5.74) is 0. The van der Waals surface area contributed by atoms with Crippen LogP contribution in [0.15, 0.2) is 0 Å². The molecule has 0 unspecified atom stereocenters. The fraction of sp³-hybridized carbons (Fsp3) is 0.929. The third-order valence-electron chi connectivity index (χ3n) is 2.77. The Hall–Kier alpha value is 1.64. The van der Waals surface area contributed by atoms with Crippen LogP contribution in [0.5, 0.6) is 0 Å². The predicted octanol–water partition coefficient (Wildman–Crippen LogP) is 2.53. The summed E-state index contributed by atoms with van der Waals surface area (Å²) in [5, 5.41) is 0. The smallest absolute Gasteiger partial charge is 0.328 e. The van der Waals surface area contributed by atoms with Crippen LogP contribution in [0.25, 0.3) is 0 Å². The molecule has 86 valence electrons. The van der Waals surface area contributed by atoms with Gasteiger partial charge in [0, 0.05) is 0 Å². The van der Waals surface area contributed by atoms with E-state index < -0.39 is 0 Å². The zero-order valence-electron chi connectivity index (χ0n) is 11.4. The van der Waals surface area contributed by atoms with Crippen LogP contribution in [0.1, 0.15) is 84.5 Å². The molecule has 0 N–H and O–H groups in total. The molecule has 0 heterocycles. The summed E-state index contributed by atoms with van der Waals surface area (Å²) in [7, 11) is 0. The standard InChI is InChI=1S/C14H29.K/c1-3-5-7-9-11-13-14-12-10-8-6-4-2;/h9H,3-8,10-14H2,1-2H3;/q-1;+1. The molecule has 0 aliphatic rings. The molecule has 0 spiro atoms. The van der Waals surface area contributed by atoms with E-state index in [4.69, 9.17) is 0 Å². The summed E-state index contributed by atoms with van der Waals surface area (Å²) in [6, 6.07) is 0. The fourth-order valence-electron chi connectivity index (χ4n) is 1.74. The topological polar surface area (TPSA) is 0 Å². The summed E-state index contributed by atoms with van der Waals surface area (Å²) >= 11 is 0. The first-order chi connectivity index (χ1) is 6.91. The molecule has 0 atom stereocenters. The minimum Gasteiger partial charge on any atom is -0.328 e. The number of rotatable bonds is 11. The summed E-state index contributed by atoms with van der Waals surface area (Å²) in [4.78, 5) is 0. The Morgan fingerprint density at radius 3 is 1.67 bits per heavy atom. The number of hydrogen-bond acceptors (Lipinski definition) is 0. The predicted molar refractivity (Wildman–Crippen MR) is 66.4 cm³/mol. The molecule has 15 heavy (non-hydrogen) atoms. The van der Waals surface area contributed by atoms with Gasteiger partial charge in [0.15, 0.2) is 0 Å². The molecule has 0 rings (SSSR count). The summed E-state index contributed by atoms with van der Waals surface area (Å²) in [6.07, 6.45) is 18.0. The molecule has 0 aromatic carbocycles. The molecule has 0 saturated carbocycles. The Labute approximate surface area is 140 Å². The molecule has 0 nitrogen and oxygen atoms in total. The zero-order chi connectivity index (χ0) is 10.5. The van der Waals surface area contributed by atoms with Gasteiger partial charge < -0.3 is 6.42 Å². The third kappa shape index (κ3) is 18.2. The van der Waals surface area contributed by atoms with Crippen LogP contribution in [0.2, 0.25) is 0 Å². The van der Waals surface area contributed by atoms with Crippen LogP contribution in [0.4, 0.5) is 0 Å². The molecule has 0 bridgehead atoms. The Kier molecular flexibility index (Phi) is 22.8. The maximum atomic E-state index is 2.48. The van der Waals surface area contributed by atoms with Gasteiger partial charge in [-0.1, -0.05) is 71.6 Å². The van der Waals surface area contributed by atoms with Gasteiger partial charge in [-0.25, -0.2) is 0 Å². The van der Waals surface area contributed by atoms with Crippen LogP contribution in [-0.2, 0) is 0 Å². The van der Waals surface area contributed by atoms with Crippen LogP contribution in [0.3, 0.4) is 0 Å². The second kappa shape index (κ2) is 18.0. The minimum absolute atomic E-state index is 0. The summed E-state index contributed by atoms with van der Waals surface area (Å²) < 4.78 is 0. The van der Waals surface area contributed by atoms with Gasteiger partial charge in [-0.2, -0.15) is 12.8 Å². The normalized spacial score (nSPS) is 10.0. The van der Waals surface area contributed by atoms with Gasteiger partial charge in [0.2, 0.25) is 0 Å². The van der Waals surface area contributed by atoms with E-state index in [0.29, 0.717) is 0 Å². The van der Waals surface area contributed by atoms with E-state index in [2.05, 4.69) is 20.3 Å². The van der Waals surface area contributed by atoms with Gasteiger partial charge in [-0.15, -0.1) is 0 Å². The van der Waals surface area contributed by atoms with Gasteiger partial charge in [0.1, 0.15) is 0 Å². The summed E-state index contributed by atoms with van der Waals surface area (Å²) in [6.45, 7) is 4.55. The molecule has 0 amide bonds. The molecule has 1 heteroatoms. The molecular formula is C14H29K. The van der Waals surface area contributed by atoms with E-state index in [0.717, 1.165) is 0 Å². The Balaban J connectivity index is 0. The van der Waals surface area contributed by atoms with Crippen molar-refractivity contribution < 1.29 is 51.4 Å². The van der Waals surface area contributed by atoms with E-state index in [1.165, 1.54) is 70.6 Å². The zero-order valence-corrected chi connectivity index (χ0v) is 14.5. The van der Waals surface area contributed by atoms with Crippen molar-refractivity contribution in [3.05, 3.63) is 6.42 Å². The van der Waals surface area contributed by atoms with E-state index in [9.17, 15) is 0 Å². The molecule has 0 fully saturated rings. The summed E-state index contributed by atoms with van der Waals surface area (Å²) in [5.74, 6) is 0. The minimum atomic E-state index is 0. The fourth-order valence-corrected chi connectivity index (χ4v) is 1.74. The van der Waals surface area contributed by atoms with Gasteiger partial charge in [0.05, 0.1) is 0 Å². The number of hydrogen-bond donors (Lipinski definition) is 0. The second-order valence-corrected chi connectivity index (χ2v) is 4.34. The van der Waals surface area contributed by atoms with Gasteiger partial charge in [-0.3, -0.25) is 0 Å². The molecule has 0 aliphatic carbocycles. The van der Waals surface area contributed by atoms with Crippen LogP contribution >= 0.6 is 0 Å². The molecule has 0 radical (unpaired) electrons. The van der Waals surface area contributed by atoms with Crippen molar-refractivity contribution in [2.75, 3.05) is 0 Å². The second-order valence-electron chi connectivity index (χ2n) is 4.34. The van der Waals surface area contributed by atoms with Crippen molar-refractivity contribution in [1.82, 2.24) is 0 Å². The first-order valence-corrected chi connectivity index (χ1v) is 6.73. The van der Waals surface area contributed by atoms with E-state index >= 15 is 0 Å². The first kappa shape index (κ1) is 19.0. The quantitative estimate of drug-likeness (QED) is 0.294. The molecule has 0 aromatic heterocycles. The molecule has 0 saturated heterocycles.